The first kappa shape index (κ1) is 19.8. The highest BCUT2D eigenvalue weighted by Crippen LogP contribution is 2.21. The summed E-state index contributed by atoms with van der Waals surface area (Å²) in [5, 5.41) is 15.9. The SMILES string of the molecule is COC(=O)c1ccc(CCN=C2NC=C(C)/C(=C(/C#N)c3ccccn3)N2)cc1. The van der Waals surface area contributed by atoms with Gasteiger partial charge in [0.1, 0.15) is 11.6 Å². The number of carbonyl (C=O) groups is 1. The van der Waals surface area contributed by atoms with E-state index in [0.717, 1.165) is 11.1 Å². The first-order valence-corrected chi connectivity index (χ1v) is 9.10. The summed E-state index contributed by atoms with van der Waals surface area (Å²) in [6.07, 6.45) is 4.19. The Morgan fingerprint density at radius 3 is 2.69 bits per heavy atom. The van der Waals surface area contributed by atoms with E-state index in [1.807, 2.05) is 37.4 Å². The van der Waals surface area contributed by atoms with Crippen LogP contribution in [-0.4, -0.2) is 30.6 Å². The fraction of sp³-hybridized carbons (Fsp3) is 0.182. The van der Waals surface area contributed by atoms with Crippen LogP contribution >= 0.6 is 0 Å². The van der Waals surface area contributed by atoms with Gasteiger partial charge in [-0.25, -0.2) is 4.79 Å². The highest BCUT2D eigenvalue weighted by Gasteiger charge is 2.17. The number of nitrogens with one attached hydrogen (secondary N) is 2. The van der Waals surface area contributed by atoms with Gasteiger partial charge in [0, 0.05) is 18.9 Å². The molecule has 0 aliphatic carbocycles. The molecular weight excluding hydrogens is 366 g/mol. The Bertz CT molecular complexity index is 1020. The number of esters is 1. The Kier molecular flexibility index (Phi) is 6.38. The smallest absolute Gasteiger partial charge is 0.337 e. The Morgan fingerprint density at radius 2 is 2.03 bits per heavy atom. The first-order valence-electron chi connectivity index (χ1n) is 9.10. The van der Waals surface area contributed by atoms with Crippen molar-refractivity contribution in [2.45, 2.75) is 13.3 Å². The minimum Gasteiger partial charge on any atom is -0.465 e. The van der Waals surface area contributed by atoms with Gasteiger partial charge in [0.2, 0.25) is 0 Å². The quantitative estimate of drug-likeness (QED) is 0.605. The molecule has 2 aromatic rings. The molecule has 2 N–H and O–H groups in total. The predicted molar refractivity (Wildman–Crippen MR) is 111 cm³/mol. The van der Waals surface area contributed by atoms with E-state index in [0.29, 0.717) is 41.5 Å². The molecule has 7 heteroatoms. The average Bonchev–Trinajstić information content (AvgIpc) is 2.77. The molecule has 0 bridgehead atoms. The molecule has 29 heavy (non-hydrogen) atoms. The molecule has 0 saturated carbocycles. The van der Waals surface area contributed by atoms with Gasteiger partial charge in [-0.05, 0) is 48.7 Å². The number of aliphatic imine (C=N–C) groups is 1. The van der Waals surface area contributed by atoms with Crippen LogP contribution in [0.5, 0.6) is 0 Å². The van der Waals surface area contributed by atoms with Gasteiger partial charge in [0.05, 0.1) is 24.1 Å². The number of nitrogens with zero attached hydrogens (tertiary/aromatic N) is 3. The summed E-state index contributed by atoms with van der Waals surface area (Å²) in [4.78, 5) is 20.3. The molecule has 0 atom stereocenters. The summed E-state index contributed by atoms with van der Waals surface area (Å²) < 4.78 is 4.70. The molecule has 1 aliphatic heterocycles. The zero-order valence-electron chi connectivity index (χ0n) is 16.3. The van der Waals surface area contributed by atoms with E-state index in [1.54, 1.807) is 24.4 Å². The second kappa shape index (κ2) is 9.33. The highest BCUT2D eigenvalue weighted by atomic mass is 16.5. The molecule has 0 saturated heterocycles. The predicted octanol–water partition coefficient (Wildman–Crippen LogP) is 2.80. The molecular formula is C22H21N5O2. The van der Waals surface area contributed by atoms with Crippen LogP contribution in [0, 0.1) is 11.3 Å². The van der Waals surface area contributed by atoms with Crippen LogP contribution < -0.4 is 10.6 Å². The third kappa shape index (κ3) is 4.87. The number of nitriles is 1. The number of hydrogen-bond acceptors (Lipinski definition) is 5. The topological polar surface area (TPSA) is 99.4 Å². The lowest BCUT2D eigenvalue weighted by atomic mass is 10.1. The standard InChI is InChI=1S/C22H21N5O2/c1-15-14-26-22(27-20(15)18(13-23)19-5-3-4-11-24-19)25-12-10-16-6-8-17(9-7-16)21(28)29-2/h3-9,11,14H,10,12H2,1-2H3,(H2,25,26,27)/b20-18+. The van der Waals surface area contributed by atoms with E-state index in [9.17, 15) is 10.1 Å². The molecule has 1 aromatic carbocycles. The summed E-state index contributed by atoms with van der Waals surface area (Å²) in [6.45, 7) is 2.45. The first-order chi connectivity index (χ1) is 14.1. The Hall–Kier alpha value is -3.92. The van der Waals surface area contributed by atoms with Crippen molar-refractivity contribution in [3.8, 4) is 6.07 Å². The van der Waals surface area contributed by atoms with Gasteiger partial charge in [0.15, 0.2) is 5.96 Å². The van der Waals surface area contributed by atoms with E-state index < -0.39 is 0 Å². The Labute approximate surface area is 169 Å². The van der Waals surface area contributed by atoms with Crippen molar-refractivity contribution in [1.82, 2.24) is 15.6 Å². The number of carbonyl (C=O) groups excluding carboxylic acids is 1. The number of rotatable bonds is 5. The number of aromatic nitrogens is 1. The summed E-state index contributed by atoms with van der Waals surface area (Å²) >= 11 is 0. The molecule has 7 nitrogen and oxygen atoms in total. The molecule has 1 aliphatic rings. The lowest BCUT2D eigenvalue weighted by molar-refractivity contribution is 0.0600. The number of allylic oxidation sites excluding steroid dienone is 2. The summed E-state index contributed by atoms with van der Waals surface area (Å²) in [6, 6.07) is 15.0. The van der Waals surface area contributed by atoms with Crippen molar-refractivity contribution in [1.29, 1.82) is 5.26 Å². The van der Waals surface area contributed by atoms with Gasteiger partial charge in [-0.15, -0.1) is 0 Å². The molecule has 0 spiro atoms. The minimum absolute atomic E-state index is 0.352. The Morgan fingerprint density at radius 1 is 1.24 bits per heavy atom. The summed E-state index contributed by atoms with van der Waals surface area (Å²) in [5.41, 5.74) is 4.23. The van der Waals surface area contributed by atoms with Crippen molar-refractivity contribution in [2.24, 2.45) is 4.99 Å². The third-order valence-corrected chi connectivity index (χ3v) is 4.39. The van der Waals surface area contributed by atoms with Crippen molar-refractivity contribution < 1.29 is 9.53 Å². The highest BCUT2D eigenvalue weighted by molar-refractivity contribution is 5.91. The van der Waals surface area contributed by atoms with Crippen LogP contribution in [-0.2, 0) is 11.2 Å². The van der Waals surface area contributed by atoms with Crippen molar-refractivity contribution in [2.75, 3.05) is 13.7 Å². The molecule has 0 unspecified atom stereocenters. The number of methoxy groups -OCH3 is 1. The number of benzene rings is 1. The second-order valence-corrected chi connectivity index (χ2v) is 6.34. The molecule has 0 amide bonds. The largest absolute Gasteiger partial charge is 0.465 e. The van der Waals surface area contributed by atoms with E-state index >= 15 is 0 Å². The molecule has 1 aromatic heterocycles. The van der Waals surface area contributed by atoms with Crippen LogP contribution in [0.4, 0.5) is 0 Å². The fourth-order valence-corrected chi connectivity index (χ4v) is 2.82. The van der Waals surface area contributed by atoms with E-state index in [2.05, 4.69) is 26.7 Å². The number of ether oxygens (including phenoxy) is 1. The molecule has 0 fully saturated rings. The van der Waals surface area contributed by atoms with Crippen LogP contribution in [0.3, 0.4) is 0 Å². The van der Waals surface area contributed by atoms with Crippen molar-refractivity contribution in [3.63, 3.8) is 0 Å². The van der Waals surface area contributed by atoms with Gasteiger partial charge in [-0.2, -0.15) is 5.26 Å². The van der Waals surface area contributed by atoms with Crippen molar-refractivity contribution >= 4 is 17.5 Å². The van der Waals surface area contributed by atoms with E-state index in [-0.39, 0.29) is 5.97 Å². The maximum absolute atomic E-state index is 11.5. The normalized spacial score (nSPS) is 16.2. The van der Waals surface area contributed by atoms with Gasteiger partial charge in [-0.3, -0.25) is 9.98 Å². The van der Waals surface area contributed by atoms with Crippen molar-refractivity contribution in [3.05, 3.63) is 83.0 Å². The zero-order chi connectivity index (χ0) is 20.6. The lowest BCUT2D eigenvalue weighted by Crippen LogP contribution is -2.39. The Balaban J connectivity index is 1.71. The zero-order valence-corrected chi connectivity index (χ0v) is 16.3. The third-order valence-electron chi connectivity index (χ3n) is 4.39. The van der Waals surface area contributed by atoms with Crippen LogP contribution in [0.25, 0.3) is 5.57 Å². The van der Waals surface area contributed by atoms with E-state index in [4.69, 9.17) is 4.74 Å². The lowest BCUT2D eigenvalue weighted by Gasteiger charge is -2.21. The van der Waals surface area contributed by atoms with Gasteiger partial charge in [0.25, 0.3) is 0 Å². The molecule has 2 heterocycles. The second-order valence-electron chi connectivity index (χ2n) is 6.34. The van der Waals surface area contributed by atoms with E-state index in [1.165, 1.54) is 7.11 Å². The summed E-state index contributed by atoms with van der Waals surface area (Å²) in [7, 11) is 1.36. The van der Waals surface area contributed by atoms with Gasteiger partial charge < -0.3 is 15.4 Å². The number of guanidine groups is 1. The maximum atomic E-state index is 11.5. The fourth-order valence-electron chi connectivity index (χ4n) is 2.82. The van der Waals surface area contributed by atoms with Crippen LogP contribution in [0.15, 0.2) is 71.1 Å². The summed E-state index contributed by atoms with van der Waals surface area (Å²) in [5.74, 6) is 0.218. The molecule has 146 valence electrons. The van der Waals surface area contributed by atoms with Gasteiger partial charge >= 0.3 is 5.97 Å². The van der Waals surface area contributed by atoms with Crippen LogP contribution in [0.2, 0.25) is 0 Å². The minimum atomic E-state index is -0.352. The maximum Gasteiger partial charge on any atom is 0.337 e. The average molecular weight is 387 g/mol. The number of hydrogen-bond donors (Lipinski definition) is 2. The van der Waals surface area contributed by atoms with Gasteiger partial charge in [-0.1, -0.05) is 18.2 Å². The monoisotopic (exact) mass is 387 g/mol. The molecule has 0 radical (unpaired) electrons. The number of pyridine rings is 1. The molecule has 3 rings (SSSR count). The van der Waals surface area contributed by atoms with Crippen LogP contribution in [0.1, 0.15) is 28.5 Å².